The SMILES string of the molecule is CC(C)CCOC(=O)[C@@]1(CC(C)C)CS1. The van der Waals surface area contributed by atoms with Crippen molar-refractivity contribution in [3.8, 4) is 0 Å². The van der Waals surface area contributed by atoms with Gasteiger partial charge in [-0.1, -0.05) is 27.7 Å². The van der Waals surface area contributed by atoms with Crippen LogP contribution in [0.15, 0.2) is 0 Å². The second kappa shape index (κ2) is 5.24. The van der Waals surface area contributed by atoms with Crippen molar-refractivity contribution in [2.24, 2.45) is 11.8 Å². The summed E-state index contributed by atoms with van der Waals surface area (Å²) >= 11 is 1.74. The third-order valence-electron chi connectivity index (χ3n) is 2.53. The molecule has 1 aliphatic rings. The smallest absolute Gasteiger partial charge is 0.323 e. The summed E-state index contributed by atoms with van der Waals surface area (Å²) in [6.07, 6.45) is 1.92. The van der Waals surface area contributed by atoms with Crippen LogP contribution in [0.25, 0.3) is 0 Å². The Balaban J connectivity index is 2.27. The van der Waals surface area contributed by atoms with Crippen LogP contribution in [0.3, 0.4) is 0 Å². The summed E-state index contributed by atoms with van der Waals surface area (Å²) in [6.45, 7) is 9.17. The van der Waals surface area contributed by atoms with Crippen LogP contribution in [0.2, 0.25) is 0 Å². The molecule has 0 aliphatic carbocycles. The number of thioether (sulfide) groups is 1. The van der Waals surface area contributed by atoms with E-state index in [1.807, 2.05) is 0 Å². The third-order valence-corrected chi connectivity index (χ3v) is 3.85. The standard InChI is InChI=1S/C12H22O2S/c1-9(2)5-6-14-11(13)12(8-15-12)7-10(3)4/h9-10H,5-8H2,1-4H3/t12-/m1/s1. The number of esters is 1. The minimum atomic E-state index is -0.175. The molecule has 0 spiro atoms. The van der Waals surface area contributed by atoms with Gasteiger partial charge in [-0.3, -0.25) is 4.79 Å². The van der Waals surface area contributed by atoms with Crippen molar-refractivity contribution in [2.75, 3.05) is 12.4 Å². The van der Waals surface area contributed by atoms with Gasteiger partial charge in [0.2, 0.25) is 0 Å². The van der Waals surface area contributed by atoms with Crippen LogP contribution in [-0.4, -0.2) is 23.1 Å². The van der Waals surface area contributed by atoms with Gasteiger partial charge in [0.25, 0.3) is 0 Å². The molecule has 3 heteroatoms. The zero-order chi connectivity index (χ0) is 11.5. The molecule has 1 aliphatic heterocycles. The van der Waals surface area contributed by atoms with Gasteiger partial charge in [0, 0.05) is 5.75 Å². The quantitative estimate of drug-likeness (QED) is 0.518. The normalized spacial score (nSPS) is 24.7. The molecule has 0 saturated carbocycles. The average Bonchev–Trinajstić information content (AvgIpc) is 2.83. The average molecular weight is 230 g/mol. The fourth-order valence-corrected chi connectivity index (χ4v) is 2.62. The Hall–Kier alpha value is -0.180. The Kier molecular flexibility index (Phi) is 4.50. The Bertz CT molecular complexity index is 220. The Morgan fingerprint density at radius 1 is 1.33 bits per heavy atom. The first-order chi connectivity index (χ1) is 6.96. The summed E-state index contributed by atoms with van der Waals surface area (Å²) in [7, 11) is 0. The lowest BCUT2D eigenvalue weighted by Gasteiger charge is -2.15. The summed E-state index contributed by atoms with van der Waals surface area (Å²) in [5.74, 6) is 2.14. The minimum absolute atomic E-state index is 0.0156. The van der Waals surface area contributed by atoms with Crippen molar-refractivity contribution in [3.05, 3.63) is 0 Å². The fraction of sp³-hybridized carbons (Fsp3) is 0.917. The van der Waals surface area contributed by atoms with Gasteiger partial charge in [0.1, 0.15) is 4.75 Å². The molecule has 1 saturated heterocycles. The van der Waals surface area contributed by atoms with Gasteiger partial charge in [-0.05, 0) is 24.7 Å². The van der Waals surface area contributed by atoms with Crippen molar-refractivity contribution in [2.45, 2.75) is 45.3 Å². The maximum absolute atomic E-state index is 11.8. The van der Waals surface area contributed by atoms with Crippen LogP contribution in [-0.2, 0) is 9.53 Å². The Morgan fingerprint density at radius 3 is 2.33 bits per heavy atom. The molecule has 0 unspecified atom stereocenters. The summed E-state index contributed by atoms with van der Waals surface area (Å²) in [5, 5.41) is 0. The summed E-state index contributed by atoms with van der Waals surface area (Å²) in [6, 6.07) is 0. The van der Waals surface area contributed by atoms with Crippen LogP contribution < -0.4 is 0 Å². The molecule has 0 bridgehead atoms. The molecular formula is C12H22O2S. The van der Waals surface area contributed by atoms with Gasteiger partial charge in [-0.2, -0.15) is 0 Å². The second-order valence-corrected chi connectivity index (χ2v) is 6.56. The van der Waals surface area contributed by atoms with Crippen molar-refractivity contribution in [3.63, 3.8) is 0 Å². The lowest BCUT2D eigenvalue weighted by Crippen LogP contribution is -2.27. The van der Waals surface area contributed by atoms with Crippen LogP contribution in [0.5, 0.6) is 0 Å². The third kappa shape index (κ3) is 4.06. The van der Waals surface area contributed by atoms with E-state index in [-0.39, 0.29) is 10.7 Å². The Morgan fingerprint density at radius 2 is 1.93 bits per heavy atom. The molecule has 88 valence electrons. The second-order valence-electron chi connectivity index (χ2n) is 5.20. The molecule has 2 nitrogen and oxygen atoms in total. The van der Waals surface area contributed by atoms with E-state index >= 15 is 0 Å². The fourth-order valence-electron chi connectivity index (χ4n) is 1.58. The molecular weight excluding hydrogens is 208 g/mol. The van der Waals surface area contributed by atoms with Gasteiger partial charge in [0.15, 0.2) is 0 Å². The topological polar surface area (TPSA) is 26.3 Å². The molecule has 0 aromatic heterocycles. The molecule has 0 aromatic carbocycles. The van der Waals surface area contributed by atoms with E-state index in [2.05, 4.69) is 27.7 Å². The van der Waals surface area contributed by atoms with E-state index in [9.17, 15) is 4.79 Å². The molecule has 0 amide bonds. The van der Waals surface area contributed by atoms with Crippen LogP contribution in [0, 0.1) is 11.8 Å². The summed E-state index contributed by atoms with van der Waals surface area (Å²) in [4.78, 5) is 11.8. The van der Waals surface area contributed by atoms with E-state index in [4.69, 9.17) is 4.74 Å². The number of carbonyl (C=O) groups is 1. The predicted molar refractivity (Wildman–Crippen MR) is 65.1 cm³/mol. The van der Waals surface area contributed by atoms with Crippen molar-refractivity contribution in [1.29, 1.82) is 0 Å². The van der Waals surface area contributed by atoms with Gasteiger partial charge >= 0.3 is 5.97 Å². The minimum Gasteiger partial charge on any atom is -0.465 e. The molecule has 15 heavy (non-hydrogen) atoms. The van der Waals surface area contributed by atoms with E-state index in [0.29, 0.717) is 18.4 Å². The highest BCUT2D eigenvalue weighted by atomic mass is 32.2. The van der Waals surface area contributed by atoms with Crippen molar-refractivity contribution in [1.82, 2.24) is 0 Å². The highest BCUT2D eigenvalue weighted by Gasteiger charge is 2.52. The highest BCUT2D eigenvalue weighted by molar-refractivity contribution is 8.08. The van der Waals surface area contributed by atoms with Crippen LogP contribution in [0.4, 0.5) is 0 Å². The maximum Gasteiger partial charge on any atom is 0.323 e. The predicted octanol–water partition coefficient (Wildman–Crippen LogP) is 3.11. The maximum atomic E-state index is 11.8. The molecule has 1 heterocycles. The first-order valence-electron chi connectivity index (χ1n) is 5.77. The highest BCUT2D eigenvalue weighted by Crippen LogP contribution is 2.50. The number of rotatable bonds is 6. The largest absolute Gasteiger partial charge is 0.465 e. The lowest BCUT2D eigenvalue weighted by atomic mass is 9.99. The molecule has 1 atom stereocenters. The van der Waals surface area contributed by atoms with Gasteiger partial charge in [-0.15, -0.1) is 11.8 Å². The molecule has 1 rings (SSSR count). The van der Waals surface area contributed by atoms with E-state index in [0.717, 1.165) is 18.6 Å². The van der Waals surface area contributed by atoms with Gasteiger partial charge < -0.3 is 4.74 Å². The van der Waals surface area contributed by atoms with E-state index < -0.39 is 0 Å². The summed E-state index contributed by atoms with van der Waals surface area (Å²) in [5.41, 5.74) is 0. The molecule has 1 fully saturated rings. The zero-order valence-electron chi connectivity index (χ0n) is 10.2. The first kappa shape index (κ1) is 12.9. The monoisotopic (exact) mass is 230 g/mol. The number of ether oxygens (including phenoxy) is 1. The number of hydrogen-bond donors (Lipinski definition) is 0. The summed E-state index contributed by atoms with van der Waals surface area (Å²) < 4.78 is 5.15. The Labute approximate surface area is 97.1 Å². The lowest BCUT2D eigenvalue weighted by molar-refractivity contribution is -0.145. The van der Waals surface area contributed by atoms with Crippen LogP contribution >= 0.6 is 11.8 Å². The zero-order valence-corrected chi connectivity index (χ0v) is 11.0. The van der Waals surface area contributed by atoms with Gasteiger partial charge in [-0.25, -0.2) is 0 Å². The molecule has 0 radical (unpaired) electrons. The number of hydrogen-bond acceptors (Lipinski definition) is 3. The van der Waals surface area contributed by atoms with Crippen LogP contribution in [0.1, 0.15) is 40.5 Å². The molecule has 0 aromatic rings. The van der Waals surface area contributed by atoms with Crippen molar-refractivity contribution < 1.29 is 9.53 Å². The van der Waals surface area contributed by atoms with Crippen molar-refractivity contribution >= 4 is 17.7 Å². The van der Waals surface area contributed by atoms with E-state index in [1.165, 1.54) is 0 Å². The number of carbonyl (C=O) groups excluding carboxylic acids is 1. The van der Waals surface area contributed by atoms with Gasteiger partial charge in [0.05, 0.1) is 6.61 Å². The molecule has 0 N–H and O–H groups in total. The first-order valence-corrected chi connectivity index (χ1v) is 6.76. The van der Waals surface area contributed by atoms with E-state index in [1.54, 1.807) is 11.8 Å².